The van der Waals surface area contributed by atoms with Crippen molar-refractivity contribution in [1.82, 2.24) is 5.32 Å². The van der Waals surface area contributed by atoms with Crippen molar-refractivity contribution in [3.63, 3.8) is 0 Å². The summed E-state index contributed by atoms with van der Waals surface area (Å²) in [5.74, 6) is 1.02. The minimum absolute atomic E-state index is 0.196. The molecule has 2 nitrogen and oxygen atoms in total. The average Bonchev–Trinajstić information content (AvgIpc) is 2.33. The molecule has 0 spiro atoms. The summed E-state index contributed by atoms with van der Waals surface area (Å²) >= 11 is 0. The van der Waals surface area contributed by atoms with Crippen LogP contribution in [-0.4, -0.2) is 19.2 Å². The molecule has 2 heteroatoms. The fourth-order valence-corrected chi connectivity index (χ4v) is 2.26. The first-order valence-electron chi connectivity index (χ1n) is 7.69. The summed E-state index contributed by atoms with van der Waals surface area (Å²) in [4.78, 5) is 0. The lowest BCUT2D eigenvalue weighted by molar-refractivity contribution is 0.173. The molecule has 0 saturated carbocycles. The summed E-state index contributed by atoms with van der Waals surface area (Å²) < 4.78 is 6.12. The molecule has 0 radical (unpaired) electrons. The van der Waals surface area contributed by atoms with Gasteiger partial charge in [-0.2, -0.15) is 0 Å². The molecule has 0 saturated heterocycles. The number of ether oxygens (including phenoxy) is 1. The van der Waals surface area contributed by atoms with Crippen molar-refractivity contribution < 1.29 is 4.74 Å². The second kappa shape index (κ2) is 7.12. The van der Waals surface area contributed by atoms with Crippen LogP contribution in [0.1, 0.15) is 50.8 Å². The number of rotatable bonds is 6. The Morgan fingerprint density at radius 2 is 1.80 bits per heavy atom. The molecule has 1 aromatic rings. The monoisotopic (exact) mass is 277 g/mol. The van der Waals surface area contributed by atoms with Crippen LogP contribution in [0.4, 0.5) is 0 Å². The van der Waals surface area contributed by atoms with Gasteiger partial charge in [-0.25, -0.2) is 0 Å². The molecule has 0 aliphatic rings. The van der Waals surface area contributed by atoms with Crippen molar-refractivity contribution in [2.75, 3.05) is 13.2 Å². The quantitative estimate of drug-likeness (QED) is 0.832. The Hall–Kier alpha value is -1.02. The van der Waals surface area contributed by atoms with Crippen LogP contribution in [0.3, 0.4) is 0 Å². The molecule has 1 unspecified atom stereocenters. The predicted molar refractivity (Wildman–Crippen MR) is 87.7 cm³/mol. The van der Waals surface area contributed by atoms with E-state index in [1.807, 2.05) is 0 Å². The van der Waals surface area contributed by atoms with Gasteiger partial charge in [0.15, 0.2) is 0 Å². The summed E-state index contributed by atoms with van der Waals surface area (Å²) in [6.45, 7) is 17.1. The maximum Gasteiger partial charge on any atom is 0.122 e. The largest absolute Gasteiger partial charge is 0.492 e. The maximum atomic E-state index is 6.12. The number of hydrogen-bond donors (Lipinski definition) is 1. The highest BCUT2D eigenvalue weighted by molar-refractivity contribution is 5.41. The van der Waals surface area contributed by atoms with Crippen LogP contribution in [0.5, 0.6) is 5.75 Å². The van der Waals surface area contributed by atoms with Gasteiger partial charge in [0.2, 0.25) is 0 Å². The zero-order chi connectivity index (χ0) is 15.3. The summed E-state index contributed by atoms with van der Waals surface area (Å²) in [6.07, 6.45) is 1.15. The standard InChI is InChI=1S/C18H31NO/c1-8-9-19-17(18(5,6)7)12-20-16-11-13(2)10-14(3)15(16)4/h10-11,17,19H,8-9,12H2,1-7H3. The Balaban J connectivity index is 2.77. The number of nitrogens with one attached hydrogen (secondary N) is 1. The molecule has 0 fully saturated rings. The fraction of sp³-hybridized carbons (Fsp3) is 0.667. The van der Waals surface area contributed by atoms with Gasteiger partial charge in [0, 0.05) is 6.04 Å². The summed E-state index contributed by atoms with van der Waals surface area (Å²) in [7, 11) is 0. The molecule has 114 valence electrons. The van der Waals surface area contributed by atoms with Crippen LogP contribution >= 0.6 is 0 Å². The first kappa shape index (κ1) is 17.0. The lowest BCUT2D eigenvalue weighted by Crippen LogP contribution is -2.45. The van der Waals surface area contributed by atoms with Crippen molar-refractivity contribution in [1.29, 1.82) is 0 Å². The highest BCUT2D eigenvalue weighted by atomic mass is 16.5. The van der Waals surface area contributed by atoms with Gasteiger partial charge in [-0.1, -0.05) is 33.8 Å². The molecule has 0 bridgehead atoms. The predicted octanol–water partition coefficient (Wildman–Crippen LogP) is 4.40. The Bertz CT molecular complexity index is 432. The zero-order valence-electron chi connectivity index (χ0n) is 14.3. The Morgan fingerprint density at radius 1 is 1.15 bits per heavy atom. The SMILES string of the molecule is CCCNC(COc1cc(C)cc(C)c1C)C(C)(C)C. The topological polar surface area (TPSA) is 21.3 Å². The molecule has 20 heavy (non-hydrogen) atoms. The second-order valence-electron chi connectivity index (χ2n) is 6.89. The number of benzene rings is 1. The molecule has 1 rings (SSSR count). The number of hydrogen-bond acceptors (Lipinski definition) is 2. The second-order valence-corrected chi connectivity index (χ2v) is 6.89. The Morgan fingerprint density at radius 3 is 2.35 bits per heavy atom. The molecule has 0 aromatic heterocycles. The van der Waals surface area contributed by atoms with Crippen LogP contribution in [0.2, 0.25) is 0 Å². The lowest BCUT2D eigenvalue weighted by atomic mass is 9.87. The van der Waals surface area contributed by atoms with Crippen LogP contribution in [0.25, 0.3) is 0 Å². The van der Waals surface area contributed by atoms with Crippen molar-refractivity contribution in [2.24, 2.45) is 5.41 Å². The van der Waals surface area contributed by atoms with E-state index < -0.39 is 0 Å². The molecular formula is C18H31NO. The van der Waals surface area contributed by atoms with Crippen molar-refractivity contribution in [3.8, 4) is 5.75 Å². The Kier molecular flexibility index (Phi) is 6.07. The van der Waals surface area contributed by atoms with Gasteiger partial charge >= 0.3 is 0 Å². The summed E-state index contributed by atoms with van der Waals surface area (Å²) in [6, 6.07) is 4.71. The minimum Gasteiger partial charge on any atom is -0.492 e. The van der Waals surface area contributed by atoms with Gasteiger partial charge in [0.25, 0.3) is 0 Å². The molecule has 0 amide bonds. The minimum atomic E-state index is 0.196. The van der Waals surface area contributed by atoms with E-state index in [2.05, 4.69) is 65.9 Å². The molecule has 0 aliphatic heterocycles. The molecule has 0 heterocycles. The molecule has 1 atom stereocenters. The van der Waals surface area contributed by atoms with E-state index in [-0.39, 0.29) is 5.41 Å². The van der Waals surface area contributed by atoms with Gasteiger partial charge in [0.1, 0.15) is 12.4 Å². The first-order valence-corrected chi connectivity index (χ1v) is 7.69. The van der Waals surface area contributed by atoms with Crippen molar-refractivity contribution in [3.05, 3.63) is 28.8 Å². The van der Waals surface area contributed by atoms with Gasteiger partial charge in [-0.3, -0.25) is 0 Å². The third-order valence-electron chi connectivity index (χ3n) is 3.86. The molecule has 1 aromatic carbocycles. The zero-order valence-corrected chi connectivity index (χ0v) is 14.3. The average molecular weight is 277 g/mol. The van der Waals surface area contributed by atoms with Gasteiger partial charge in [-0.05, 0) is 61.9 Å². The summed E-state index contributed by atoms with van der Waals surface area (Å²) in [5.41, 5.74) is 4.01. The van der Waals surface area contributed by atoms with E-state index in [9.17, 15) is 0 Å². The van der Waals surface area contributed by atoms with E-state index in [0.29, 0.717) is 12.6 Å². The number of aryl methyl sites for hydroxylation is 2. The highest BCUT2D eigenvalue weighted by Gasteiger charge is 2.24. The van der Waals surface area contributed by atoms with Crippen LogP contribution in [0, 0.1) is 26.2 Å². The smallest absolute Gasteiger partial charge is 0.122 e. The van der Waals surface area contributed by atoms with Gasteiger partial charge in [0.05, 0.1) is 0 Å². The molecular weight excluding hydrogens is 246 g/mol. The molecule has 0 aliphatic carbocycles. The van der Waals surface area contributed by atoms with Crippen LogP contribution < -0.4 is 10.1 Å². The molecule has 1 N–H and O–H groups in total. The fourth-order valence-electron chi connectivity index (χ4n) is 2.26. The van der Waals surface area contributed by atoms with Crippen LogP contribution in [-0.2, 0) is 0 Å². The van der Waals surface area contributed by atoms with E-state index in [0.717, 1.165) is 18.7 Å². The lowest BCUT2D eigenvalue weighted by Gasteiger charge is -2.31. The maximum absolute atomic E-state index is 6.12. The van der Waals surface area contributed by atoms with Crippen molar-refractivity contribution >= 4 is 0 Å². The van der Waals surface area contributed by atoms with E-state index >= 15 is 0 Å². The first-order chi connectivity index (χ1) is 9.25. The third kappa shape index (κ3) is 4.82. The van der Waals surface area contributed by atoms with Crippen molar-refractivity contribution in [2.45, 2.75) is 60.9 Å². The normalized spacial score (nSPS) is 13.3. The summed E-state index contributed by atoms with van der Waals surface area (Å²) in [5, 5.41) is 3.60. The highest BCUT2D eigenvalue weighted by Crippen LogP contribution is 2.25. The van der Waals surface area contributed by atoms with E-state index in [1.165, 1.54) is 16.7 Å². The van der Waals surface area contributed by atoms with Gasteiger partial charge < -0.3 is 10.1 Å². The Labute approximate surface area is 124 Å². The van der Waals surface area contributed by atoms with E-state index in [4.69, 9.17) is 4.74 Å². The third-order valence-corrected chi connectivity index (χ3v) is 3.86. The van der Waals surface area contributed by atoms with Crippen LogP contribution in [0.15, 0.2) is 12.1 Å². The van der Waals surface area contributed by atoms with E-state index in [1.54, 1.807) is 0 Å². The van der Waals surface area contributed by atoms with Gasteiger partial charge in [-0.15, -0.1) is 0 Å².